The molecule has 0 bridgehead atoms. The molecular weight excluding hydrogens is 642 g/mol. The number of benzene rings is 4. The molecule has 0 saturated heterocycles. The van der Waals surface area contributed by atoms with E-state index in [0.29, 0.717) is 28.3 Å². The average Bonchev–Trinajstić information content (AvgIpc) is 3.38. The van der Waals surface area contributed by atoms with E-state index in [2.05, 4.69) is 36.8 Å². The number of H-pyrrole nitrogens is 1. The van der Waals surface area contributed by atoms with E-state index < -0.39 is 6.04 Å². The standard InChI is InChI=1S/C31H20Br2ClN3O2/c32-21-10-6-18(7-11-21)27-17-26(36-37(27)31(39)20-8-13-23(34)14-9-20)29-28(19-4-2-1-3-5-19)24-16-22(33)12-15-25(24)35-30(29)38/h1-16,27H,17H2,(H,35,38)/t27-/m1/s1. The van der Waals surface area contributed by atoms with Crippen LogP contribution in [0.1, 0.15) is 33.9 Å². The molecule has 39 heavy (non-hydrogen) atoms. The van der Waals surface area contributed by atoms with Crippen LogP contribution in [0.3, 0.4) is 0 Å². The maximum absolute atomic E-state index is 13.8. The van der Waals surface area contributed by atoms with Crippen LogP contribution in [0.4, 0.5) is 0 Å². The number of aromatic amines is 1. The number of nitrogens with one attached hydrogen (secondary N) is 1. The van der Waals surface area contributed by atoms with Crippen molar-refractivity contribution in [1.29, 1.82) is 0 Å². The van der Waals surface area contributed by atoms with E-state index in [9.17, 15) is 9.59 Å². The average molecular weight is 662 g/mol. The Hall–Kier alpha value is -3.52. The van der Waals surface area contributed by atoms with Crippen molar-refractivity contribution in [3.63, 3.8) is 0 Å². The van der Waals surface area contributed by atoms with E-state index in [4.69, 9.17) is 16.7 Å². The molecule has 1 N–H and O–H groups in total. The molecular formula is C31H20Br2ClN3O2. The summed E-state index contributed by atoms with van der Waals surface area (Å²) < 4.78 is 1.83. The summed E-state index contributed by atoms with van der Waals surface area (Å²) in [5, 5.41) is 7.75. The Kier molecular flexibility index (Phi) is 6.97. The van der Waals surface area contributed by atoms with Gasteiger partial charge in [-0.15, -0.1) is 0 Å². The number of carbonyl (C=O) groups is 1. The van der Waals surface area contributed by atoms with Gasteiger partial charge in [0.2, 0.25) is 0 Å². The van der Waals surface area contributed by atoms with Crippen molar-refractivity contribution >= 4 is 66.0 Å². The number of hydrazone groups is 1. The van der Waals surface area contributed by atoms with Gasteiger partial charge >= 0.3 is 0 Å². The molecule has 192 valence electrons. The molecule has 0 radical (unpaired) electrons. The molecule has 5 aromatic rings. The van der Waals surface area contributed by atoms with Crippen molar-refractivity contribution < 1.29 is 4.79 Å². The highest BCUT2D eigenvalue weighted by molar-refractivity contribution is 9.10. The number of aromatic nitrogens is 1. The molecule has 1 amide bonds. The van der Waals surface area contributed by atoms with Gasteiger partial charge in [-0.3, -0.25) is 9.59 Å². The van der Waals surface area contributed by atoms with E-state index in [1.54, 1.807) is 24.3 Å². The van der Waals surface area contributed by atoms with Crippen molar-refractivity contribution in [2.24, 2.45) is 5.10 Å². The predicted molar refractivity (Wildman–Crippen MR) is 163 cm³/mol. The molecule has 2 heterocycles. The summed E-state index contributed by atoms with van der Waals surface area (Å²) in [6.45, 7) is 0. The van der Waals surface area contributed by atoms with Crippen LogP contribution in [0.15, 0.2) is 116 Å². The van der Waals surface area contributed by atoms with Gasteiger partial charge in [0, 0.05) is 42.4 Å². The van der Waals surface area contributed by atoms with Gasteiger partial charge in [0.05, 0.1) is 17.3 Å². The number of nitrogens with zero attached hydrogens (tertiary/aromatic N) is 2. The number of hydrogen-bond acceptors (Lipinski definition) is 3. The molecule has 1 aliphatic heterocycles. The van der Waals surface area contributed by atoms with Gasteiger partial charge in [0.25, 0.3) is 11.5 Å². The summed E-state index contributed by atoms with van der Waals surface area (Å²) in [6, 6.07) is 29.7. The third kappa shape index (κ3) is 4.98. The number of halogens is 3. The second-order valence-corrected chi connectivity index (χ2v) is 11.5. The molecule has 1 aliphatic rings. The van der Waals surface area contributed by atoms with E-state index in [1.165, 1.54) is 5.01 Å². The highest BCUT2D eigenvalue weighted by Gasteiger charge is 2.36. The van der Waals surface area contributed by atoms with E-state index in [1.807, 2.05) is 72.8 Å². The lowest BCUT2D eigenvalue weighted by atomic mass is 9.91. The Balaban J connectivity index is 1.56. The number of fused-ring (bicyclic) bond motifs is 1. The Morgan fingerprint density at radius 3 is 2.28 bits per heavy atom. The van der Waals surface area contributed by atoms with E-state index in [0.717, 1.165) is 36.5 Å². The number of rotatable bonds is 4. The summed E-state index contributed by atoms with van der Waals surface area (Å²) in [5.41, 5.74) is 4.54. The van der Waals surface area contributed by atoms with Gasteiger partial charge in [-0.05, 0) is 65.7 Å². The van der Waals surface area contributed by atoms with Gasteiger partial charge in [-0.2, -0.15) is 5.10 Å². The highest BCUT2D eigenvalue weighted by Crippen LogP contribution is 2.38. The topological polar surface area (TPSA) is 65.5 Å². The molecule has 4 aromatic carbocycles. The zero-order valence-electron chi connectivity index (χ0n) is 20.4. The minimum Gasteiger partial charge on any atom is -0.321 e. The largest absolute Gasteiger partial charge is 0.321 e. The first kappa shape index (κ1) is 25.7. The first-order valence-corrected chi connectivity index (χ1v) is 14.2. The van der Waals surface area contributed by atoms with Crippen LogP contribution in [0.5, 0.6) is 0 Å². The fourth-order valence-electron chi connectivity index (χ4n) is 4.96. The van der Waals surface area contributed by atoms with Crippen molar-refractivity contribution in [2.45, 2.75) is 12.5 Å². The van der Waals surface area contributed by atoms with Crippen LogP contribution in [0, 0.1) is 0 Å². The van der Waals surface area contributed by atoms with E-state index >= 15 is 0 Å². The van der Waals surface area contributed by atoms with E-state index in [-0.39, 0.29) is 11.5 Å². The summed E-state index contributed by atoms with van der Waals surface area (Å²) in [7, 11) is 0. The fraction of sp³-hybridized carbons (Fsp3) is 0.0645. The minimum absolute atomic E-state index is 0.252. The molecule has 1 atom stereocenters. The fourth-order valence-corrected chi connectivity index (χ4v) is 5.71. The molecule has 0 saturated carbocycles. The maximum Gasteiger partial charge on any atom is 0.274 e. The zero-order chi connectivity index (χ0) is 27.1. The number of amides is 1. The molecule has 6 rings (SSSR count). The molecule has 0 unspecified atom stereocenters. The van der Waals surface area contributed by atoms with Crippen molar-refractivity contribution in [2.75, 3.05) is 0 Å². The first-order chi connectivity index (χ1) is 18.9. The van der Waals surface area contributed by atoms with Crippen molar-refractivity contribution in [3.8, 4) is 11.1 Å². The molecule has 8 heteroatoms. The van der Waals surface area contributed by atoms with Crippen molar-refractivity contribution in [1.82, 2.24) is 9.99 Å². The summed E-state index contributed by atoms with van der Waals surface area (Å²) in [4.78, 5) is 30.5. The first-order valence-electron chi connectivity index (χ1n) is 12.2. The molecule has 5 nitrogen and oxygen atoms in total. The number of pyridine rings is 1. The molecule has 0 spiro atoms. The Morgan fingerprint density at radius 2 is 1.56 bits per heavy atom. The van der Waals surface area contributed by atoms with Crippen LogP contribution >= 0.6 is 43.5 Å². The lowest BCUT2D eigenvalue weighted by Gasteiger charge is -2.22. The third-order valence-electron chi connectivity index (χ3n) is 6.79. The Morgan fingerprint density at radius 1 is 0.872 bits per heavy atom. The van der Waals surface area contributed by atoms with Gasteiger partial charge in [-0.1, -0.05) is 85.9 Å². The Bertz CT molecular complexity index is 1800. The summed E-state index contributed by atoms with van der Waals surface area (Å²) in [5.74, 6) is -0.268. The highest BCUT2D eigenvalue weighted by atomic mass is 79.9. The van der Waals surface area contributed by atoms with Gasteiger partial charge in [0.1, 0.15) is 0 Å². The SMILES string of the molecule is O=C(c1ccc(Cl)cc1)N1N=C(c2c(-c3ccccc3)c3cc(Br)ccc3[nH]c2=O)C[C@@H]1c1ccc(Br)cc1. The maximum atomic E-state index is 13.8. The number of hydrogen-bond donors (Lipinski definition) is 1. The predicted octanol–water partition coefficient (Wildman–Crippen LogP) is 8.37. The van der Waals surface area contributed by atoms with Crippen LogP contribution in [0.25, 0.3) is 22.0 Å². The second-order valence-electron chi connectivity index (χ2n) is 9.23. The zero-order valence-corrected chi connectivity index (χ0v) is 24.3. The smallest absolute Gasteiger partial charge is 0.274 e. The van der Waals surface area contributed by atoms with Crippen LogP contribution in [0.2, 0.25) is 5.02 Å². The van der Waals surface area contributed by atoms with Gasteiger partial charge in [0.15, 0.2) is 0 Å². The normalized spacial score (nSPS) is 15.0. The third-order valence-corrected chi connectivity index (χ3v) is 8.07. The monoisotopic (exact) mass is 659 g/mol. The molecule has 0 fully saturated rings. The lowest BCUT2D eigenvalue weighted by Crippen LogP contribution is -2.27. The van der Waals surface area contributed by atoms with Crippen LogP contribution < -0.4 is 5.56 Å². The van der Waals surface area contributed by atoms with Gasteiger partial charge in [-0.25, -0.2) is 5.01 Å². The minimum atomic E-state index is -0.391. The summed E-state index contributed by atoms with van der Waals surface area (Å²) in [6.07, 6.45) is 0.378. The van der Waals surface area contributed by atoms with Crippen molar-refractivity contribution in [3.05, 3.63) is 138 Å². The second kappa shape index (κ2) is 10.6. The summed E-state index contributed by atoms with van der Waals surface area (Å²) >= 11 is 13.1. The molecule has 1 aromatic heterocycles. The van der Waals surface area contributed by atoms with Gasteiger partial charge < -0.3 is 4.98 Å². The Labute approximate surface area is 246 Å². The quantitative estimate of drug-likeness (QED) is 0.210. The van der Waals surface area contributed by atoms with Crippen LogP contribution in [-0.4, -0.2) is 21.6 Å². The number of carbonyl (C=O) groups excluding carboxylic acids is 1. The molecule has 0 aliphatic carbocycles. The lowest BCUT2D eigenvalue weighted by molar-refractivity contribution is 0.0711. The van der Waals surface area contributed by atoms with Crippen LogP contribution in [-0.2, 0) is 0 Å².